The number of ether oxygens (including phenoxy) is 3. The van der Waals surface area contributed by atoms with Crippen molar-refractivity contribution in [1.82, 2.24) is 5.43 Å². The van der Waals surface area contributed by atoms with Gasteiger partial charge in [-0.2, -0.15) is 5.10 Å². The second-order valence-corrected chi connectivity index (χ2v) is 8.52. The van der Waals surface area contributed by atoms with Crippen molar-refractivity contribution >= 4 is 52.9 Å². The first-order chi connectivity index (χ1) is 18.3. The van der Waals surface area contributed by atoms with Crippen LogP contribution in [0.25, 0.3) is 0 Å². The van der Waals surface area contributed by atoms with Crippen molar-refractivity contribution in [3.63, 3.8) is 0 Å². The molecule has 0 saturated heterocycles. The number of carbonyl (C=O) groups is 3. The van der Waals surface area contributed by atoms with Crippen molar-refractivity contribution in [2.75, 3.05) is 18.5 Å². The monoisotopic (exact) mass is 557 g/mol. The van der Waals surface area contributed by atoms with Crippen LogP contribution in [0, 0.1) is 0 Å². The third-order valence-corrected chi connectivity index (χ3v) is 5.36. The van der Waals surface area contributed by atoms with E-state index in [2.05, 4.69) is 15.8 Å². The molecule has 2 N–H and O–H groups in total. The average Bonchev–Trinajstić information content (AvgIpc) is 2.91. The molecule has 3 aromatic rings. The number of hydrazone groups is 1. The van der Waals surface area contributed by atoms with E-state index in [-0.39, 0.29) is 16.5 Å². The van der Waals surface area contributed by atoms with Crippen molar-refractivity contribution in [3.8, 4) is 17.2 Å². The normalized spacial score (nSPS) is 10.6. The summed E-state index contributed by atoms with van der Waals surface area (Å²) in [6, 6.07) is 15.8. The van der Waals surface area contributed by atoms with Crippen LogP contribution >= 0.6 is 23.2 Å². The number of amides is 2. The maximum atomic E-state index is 12.6. The van der Waals surface area contributed by atoms with Crippen molar-refractivity contribution in [2.45, 2.75) is 20.3 Å². The maximum Gasteiger partial charge on any atom is 0.343 e. The first-order valence-electron chi connectivity index (χ1n) is 11.6. The number of hydrogen-bond acceptors (Lipinski definition) is 7. The molecule has 9 nitrogen and oxygen atoms in total. The highest BCUT2D eigenvalue weighted by molar-refractivity contribution is 6.42. The second kappa shape index (κ2) is 14.0. The molecule has 38 heavy (non-hydrogen) atoms. The minimum Gasteiger partial charge on any atom is -0.494 e. The lowest BCUT2D eigenvalue weighted by molar-refractivity contribution is -0.136. The standard InChI is InChI=1S/C27H25Cl2N3O6/c1-3-13-37-20-9-6-18(7-10-20)27(35)38-23-12-5-17(14-24(23)36-4-2)16-30-32-26(34)25(33)31-22-15-19(28)8-11-21(22)29/h5-12,14-16H,3-4,13H2,1-2H3,(H,31,33)(H,32,34). The predicted octanol–water partition coefficient (Wildman–Crippen LogP) is 5.49. The number of carbonyl (C=O) groups excluding carboxylic acids is 3. The predicted molar refractivity (Wildman–Crippen MR) is 146 cm³/mol. The number of benzene rings is 3. The SMILES string of the molecule is CCCOc1ccc(C(=O)Oc2ccc(C=NNC(=O)C(=O)Nc3cc(Cl)ccc3Cl)cc2OCC)cc1. The van der Waals surface area contributed by atoms with Gasteiger partial charge in [0.2, 0.25) is 0 Å². The quantitative estimate of drug-likeness (QED) is 0.112. The van der Waals surface area contributed by atoms with E-state index in [1.807, 2.05) is 6.92 Å². The fourth-order valence-electron chi connectivity index (χ4n) is 3.01. The Morgan fingerprint density at radius 1 is 0.895 bits per heavy atom. The number of rotatable bonds is 10. The largest absolute Gasteiger partial charge is 0.494 e. The van der Waals surface area contributed by atoms with Gasteiger partial charge in [-0.15, -0.1) is 0 Å². The molecule has 0 aromatic heterocycles. The lowest BCUT2D eigenvalue weighted by Crippen LogP contribution is -2.32. The molecule has 0 atom stereocenters. The van der Waals surface area contributed by atoms with Gasteiger partial charge in [0, 0.05) is 5.02 Å². The molecule has 0 aliphatic heterocycles. The molecule has 0 heterocycles. The zero-order chi connectivity index (χ0) is 27.5. The number of nitrogens with one attached hydrogen (secondary N) is 2. The van der Waals surface area contributed by atoms with E-state index in [0.29, 0.717) is 40.9 Å². The molecule has 198 valence electrons. The number of hydrogen-bond donors (Lipinski definition) is 2. The van der Waals surface area contributed by atoms with Gasteiger partial charge in [0.25, 0.3) is 0 Å². The van der Waals surface area contributed by atoms with Crippen LogP contribution in [0.5, 0.6) is 17.2 Å². The lowest BCUT2D eigenvalue weighted by atomic mass is 10.2. The Morgan fingerprint density at radius 2 is 1.66 bits per heavy atom. The molecule has 0 radical (unpaired) electrons. The van der Waals surface area contributed by atoms with Gasteiger partial charge in [-0.25, -0.2) is 10.2 Å². The Hall–Kier alpha value is -4.08. The van der Waals surface area contributed by atoms with Gasteiger partial charge < -0.3 is 19.5 Å². The first-order valence-corrected chi connectivity index (χ1v) is 12.4. The van der Waals surface area contributed by atoms with Gasteiger partial charge in [0.15, 0.2) is 11.5 Å². The van der Waals surface area contributed by atoms with Crippen molar-refractivity contribution < 1.29 is 28.6 Å². The van der Waals surface area contributed by atoms with Crippen LogP contribution in [-0.4, -0.2) is 37.2 Å². The fourth-order valence-corrected chi connectivity index (χ4v) is 3.35. The third kappa shape index (κ3) is 8.22. The van der Waals surface area contributed by atoms with Crippen LogP contribution in [0.1, 0.15) is 36.2 Å². The Labute approximate surface area is 229 Å². The van der Waals surface area contributed by atoms with E-state index in [1.54, 1.807) is 55.5 Å². The number of halogens is 2. The van der Waals surface area contributed by atoms with E-state index in [0.717, 1.165) is 6.42 Å². The number of nitrogens with zero attached hydrogens (tertiary/aromatic N) is 1. The fraction of sp³-hybridized carbons (Fsp3) is 0.185. The molecule has 2 amide bonds. The molecular weight excluding hydrogens is 533 g/mol. The topological polar surface area (TPSA) is 115 Å². The molecule has 0 aliphatic carbocycles. The zero-order valence-electron chi connectivity index (χ0n) is 20.6. The summed E-state index contributed by atoms with van der Waals surface area (Å²) in [4.78, 5) is 36.8. The van der Waals surface area contributed by atoms with Gasteiger partial charge in [0.1, 0.15) is 5.75 Å². The molecule has 3 aromatic carbocycles. The first kappa shape index (κ1) is 28.5. The van der Waals surface area contributed by atoms with Gasteiger partial charge >= 0.3 is 17.8 Å². The van der Waals surface area contributed by atoms with E-state index in [4.69, 9.17) is 37.4 Å². The smallest absolute Gasteiger partial charge is 0.343 e. The van der Waals surface area contributed by atoms with E-state index < -0.39 is 17.8 Å². The van der Waals surface area contributed by atoms with Crippen molar-refractivity contribution in [2.24, 2.45) is 5.10 Å². The Balaban J connectivity index is 1.62. The summed E-state index contributed by atoms with van der Waals surface area (Å²) in [7, 11) is 0. The average molecular weight is 558 g/mol. The van der Waals surface area contributed by atoms with E-state index >= 15 is 0 Å². The molecule has 0 spiro atoms. The molecule has 0 bridgehead atoms. The molecule has 0 saturated carbocycles. The summed E-state index contributed by atoms with van der Waals surface area (Å²) in [6.45, 7) is 4.70. The van der Waals surface area contributed by atoms with Crippen molar-refractivity contribution in [3.05, 3.63) is 81.8 Å². The maximum absolute atomic E-state index is 12.6. The summed E-state index contributed by atoms with van der Waals surface area (Å²) >= 11 is 11.9. The Morgan fingerprint density at radius 3 is 2.37 bits per heavy atom. The highest BCUT2D eigenvalue weighted by atomic mass is 35.5. The summed E-state index contributed by atoms with van der Waals surface area (Å²) in [6.07, 6.45) is 2.19. The Bertz CT molecular complexity index is 1330. The summed E-state index contributed by atoms with van der Waals surface area (Å²) in [5, 5.41) is 6.72. The van der Waals surface area contributed by atoms with E-state index in [1.165, 1.54) is 18.3 Å². The van der Waals surface area contributed by atoms with Crippen LogP contribution < -0.4 is 25.0 Å². The van der Waals surface area contributed by atoms with Gasteiger partial charge in [0.05, 0.1) is 35.7 Å². The highest BCUT2D eigenvalue weighted by Crippen LogP contribution is 2.29. The molecular formula is C27H25Cl2N3O6. The van der Waals surface area contributed by atoms with Crippen LogP contribution in [0.3, 0.4) is 0 Å². The summed E-state index contributed by atoms with van der Waals surface area (Å²) in [5.41, 5.74) is 3.19. The summed E-state index contributed by atoms with van der Waals surface area (Å²) in [5.74, 6) is -1.38. The van der Waals surface area contributed by atoms with Crippen LogP contribution in [0.2, 0.25) is 10.0 Å². The van der Waals surface area contributed by atoms with Gasteiger partial charge in [-0.1, -0.05) is 30.1 Å². The van der Waals surface area contributed by atoms with Crippen LogP contribution in [-0.2, 0) is 9.59 Å². The van der Waals surface area contributed by atoms with Gasteiger partial charge in [-0.3, -0.25) is 9.59 Å². The van der Waals surface area contributed by atoms with Crippen LogP contribution in [0.4, 0.5) is 5.69 Å². The minimum absolute atomic E-state index is 0.190. The Kier molecular flexibility index (Phi) is 10.5. The van der Waals surface area contributed by atoms with Crippen molar-refractivity contribution in [1.29, 1.82) is 0 Å². The molecule has 0 aliphatic rings. The number of esters is 1. The third-order valence-electron chi connectivity index (χ3n) is 4.80. The molecule has 0 unspecified atom stereocenters. The summed E-state index contributed by atoms with van der Waals surface area (Å²) < 4.78 is 16.6. The van der Waals surface area contributed by atoms with E-state index in [9.17, 15) is 14.4 Å². The molecule has 11 heteroatoms. The number of anilines is 1. The zero-order valence-corrected chi connectivity index (χ0v) is 22.1. The minimum atomic E-state index is -1.01. The molecule has 3 rings (SSSR count). The van der Waals surface area contributed by atoms with Crippen LogP contribution in [0.15, 0.2) is 65.8 Å². The van der Waals surface area contributed by atoms with Gasteiger partial charge in [-0.05, 0) is 79.6 Å². The lowest BCUT2D eigenvalue weighted by Gasteiger charge is -2.12. The molecule has 0 fully saturated rings. The second-order valence-electron chi connectivity index (χ2n) is 7.68. The highest BCUT2D eigenvalue weighted by Gasteiger charge is 2.16.